The van der Waals surface area contributed by atoms with Crippen molar-refractivity contribution in [3.63, 3.8) is 0 Å². The average Bonchev–Trinajstić information content (AvgIpc) is 3.58. The van der Waals surface area contributed by atoms with Gasteiger partial charge >= 0.3 is 5.97 Å². The fraction of sp³-hybridized carbons (Fsp3) is 0.812. The van der Waals surface area contributed by atoms with E-state index in [9.17, 15) is 20.1 Å². The second-order valence-electron chi connectivity index (χ2n) is 19.4. The van der Waals surface area contributed by atoms with Crippen LogP contribution in [0, 0.1) is 23.7 Å². The van der Waals surface area contributed by atoms with Crippen molar-refractivity contribution in [3.8, 4) is 0 Å². The number of rotatable bonds is 8. The molecule has 14 nitrogen and oxygen atoms in total. The van der Waals surface area contributed by atoms with Gasteiger partial charge in [-0.1, -0.05) is 64.5 Å². The van der Waals surface area contributed by atoms with E-state index in [1.165, 1.54) is 0 Å². The average molecular weight is 875 g/mol. The molecule has 1 aliphatic carbocycles. The number of fused-ring (bicyclic) bond motifs is 2. The Balaban J connectivity index is 1.18. The number of ether oxygens (including phenoxy) is 10. The van der Waals surface area contributed by atoms with Gasteiger partial charge in [-0.3, -0.25) is 4.79 Å². The molecule has 350 valence electrons. The van der Waals surface area contributed by atoms with E-state index >= 15 is 0 Å². The first kappa shape index (κ1) is 47.9. The summed E-state index contributed by atoms with van der Waals surface area (Å²) in [4.78, 5) is 14.4. The Bertz CT molecular complexity index is 1680. The van der Waals surface area contributed by atoms with Gasteiger partial charge in [0.25, 0.3) is 0 Å². The summed E-state index contributed by atoms with van der Waals surface area (Å²) in [7, 11) is 3.23. The summed E-state index contributed by atoms with van der Waals surface area (Å²) in [5, 5.41) is 34.2. The van der Waals surface area contributed by atoms with Gasteiger partial charge in [0.1, 0.15) is 42.0 Å². The molecule has 7 rings (SSSR count). The topological polar surface area (TPSA) is 170 Å². The van der Waals surface area contributed by atoms with Crippen molar-refractivity contribution < 1.29 is 67.5 Å². The fourth-order valence-corrected chi connectivity index (χ4v) is 11.0. The molecule has 14 heteroatoms. The maximum Gasteiger partial charge on any atom is 0.316 e. The lowest BCUT2D eigenvalue weighted by molar-refractivity contribution is -0.340. The number of carbonyl (C=O) groups is 1. The third-order valence-electron chi connectivity index (χ3n) is 14.9. The van der Waals surface area contributed by atoms with Crippen molar-refractivity contribution in [3.05, 3.63) is 47.1 Å². The van der Waals surface area contributed by atoms with Crippen molar-refractivity contribution in [2.45, 2.75) is 204 Å². The summed E-state index contributed by atoms with van der Waals surface area (Å²) >= 11 is 0. The van der Waals surface area contributed by atoms with Crippen LogP contribution in [0.15, 0.2) is 47.1 Å². The zero-order valence-corrected chi connectivity index (χ0v) is 38.5. The number of esters is 1. The Kier molecular flexibility index (Phi) is 15.3. The molecule has 5 fully saturated rings. The van der Waals surface area contributed by atoms with Crippen LogP contribution in [0.1, 0.15) is 107 Å². The molecular weight excluding hydrogens is 801 g/mol. The van der Waals surface area contributed by atoms with Crippen molar-refractivity contribution in [2.75, 3.05) is 20.8 Å². The van der Waals surface area contributed by atoms with Crippen molar-refractivity contribution in [2.24, 2.45) is 23.7 Å². The van der Waals surface area contributed by atoms with Gasteiger partial charge in [0, 0.05) is 52.2 Å². The number of hydrogen-bond acceptors (Lipinski definition) is 14. The Morgan fingerprint density at radius 1 is 0.919 bits per heavy atom. The van der Waals surface area contributed by atoms with Gasteiger partial charge < -0.3 is 62.7 Å². The smallest absolute Gasteiger partial charge is 0.316 e. The number of carbonyl (C=O) groups excluding carboxylic acids is 1. The summed E-state index contributed by atoms with van der Waals surface area (Å²) in [5.74, 6) is -2.10. The molecule has 0 saturated carbocycles. The minimum Gasteiger partial charge on any atom is -0.462 e. The van der Waals surface area contributed by atoms with Crippen LogP contribution in [0.5, 0.6) is 0 Å². The molecule has 20 atom stereocenters. The number of aliphatic hydroxyl groups excluding tert-OH is 2. The van der Waals surface area contributed by atoms with Crippen LogP contribution >= 0.6 is 0 Å². The van der Waals surface area contributed by atoms with Crippen molar-refractivity contribution in [1.29, 1.82) is 0 Å². The minimum absolute atomic E-state index is 0.00708. The molecule has 0 amide bonds. The molecule has 0 aromatic heterocycles. The lowest BCUT2D eigenvalue weighted by Gasteiger charge is -2.51. The summed E-state index contributed by atoms with van der Waals surface area (Å²) in [5.41, 5.74) is 0.188. The monoisotopic (exact) mass is 875 g/mol. The van der Waals surface area contributed by atoms with E-state index in [0.29, 0.717) is 61.5 Å². The number of allylic oxidation sites excluding steroid dienone is 2. The second-order valence-corrected chi connectivity index (χ2v) is 19.4. The van der Waals surface area contributed by atoms with Gasteiger partial charge in [0.2, 0.25) is 0 Å². The standard InChI is InChI=1S/C48H74O14/c1-11-25(2)43-28(5)17-18-47(62-43)23-34-20-33(61-47)16-15-27(4)42(26(3)13-12-14-32-24-55-45-40(49)29(6)19-35(46(51)58-34)48(32,45)52)59-39-22-37(54-10)44(31(8)57-39)60-38-21-36(53-9)41(50)30(7)56-38/h12-15,19,25-26,28,30-31,33-45,49-50,52H,11,16-18,20-24H2,1-10H3/b13-12+,27-15+,32-14?. The quantitative estimate of drug-likeness (QED) is 0.204. The second kappa shape index (κ2) is 19.8. The van der Waals surface area contributed by atoms with Crippen LogP contribution in [0.2, 0.25) is 0 Å². The molecule has 0 aromatic carbocycles. The van der Waals surface area contributed by atoms with Crippen LogP contribution in [-0.4, -0.2) is 139 Å². The van der Waals surface area contributed by atoms with Crippen LogP contribution in [0.4, 0.5) is 0 Å². The molecule has 62 heavy (non-hydrogen) atoms. The largest absolute Gasteiger partial charge is 0.462 e. The van der Waals surface area contributed by atoms with Crippen LogP contribution in [0.3, 0.4) is 0 Å². The van der Waals surface area contributed by atoms with E-state index in [2.05, 4.69) is 40.7 Å². The first-order valence-corrected chi connectivity index (χ1v) is 23.2. The van der Waals surface area contributed by atoms with Crippen molar-refractivity contribution in [1.82, 2.24) is 0 Å². The zero-order chi connectivity index (χ0) is 44.7. The van der Waals surface area contributed by atoms with Gasteiger partial charge in [-0.05, 0) is 69.1 Å². The summed E-state index contributed by atoms with van der Waals surface area (Å²) < 4.78 is 63.9. The molecule has 6 aliphatic heterocycles. The lowest BCUT2D eigenvalue weighted by Crippen LogP contribution is -2.58. The van der Waals surface area contributed by atoms with Crippen molar-refractivity contribution >= 4 is 5.97 Å². The third kappa shape index (κ3) is 9.73. The first-order valence-electron chi connectivity index (χ1n) is 23.2. The molecule has 5 saturated heterocycles. The van der Waals surface area contributed by atoms with Crippen LogP contribution < -0.4 is 0 Å². The highest BCUT2D eigenvalue weighted by Crippen LogP contribution is 2.48. The zero-order valence-electron chi connectivity index (χ0n) is 38.5. The van der Waals surface area contributed by atoms with Gasteiger partial charge in [-0.2, -0.15) is 0 Å². The number of hydrogen-bond donors (Lipinski definition) is 3. The Labute approximate surface area is 368 Å². The SMILES string of the molecule is CCC(C)C1OC2(CCC1C)CC1CC(C/C=C(\C)C(OC3CC(OC)C(OC4CC(OC)C(O)C(C)O4)C(C)O3)C(C)/C=C/C=C3COC4C(O)C(C)=CC(C(=O)O1)C34O)O2. The highest BCUT2D eigenvalue weighted by atomic mass is 16.7. The van der Waals surface area contributed by atoms with Crippen LogP contribution in [0.25, 0.3) is 0 Å². The minimum atomic E-state index is -1.82. The Morgan fingerprint density at radius 3 is 2.35 bits per heavy atom. The molecule has 1 spiro atoms. The third-order valence-corrected chi connectivity index (χ3v) is 14.9. The molecule has 6 heterocycles. The van der Waals surface area contributed by atoms with Gasteiger partial charge in [-0.15, -0.1) is 0 Å². The number of aliphatic hydroxyl groups is 3. The van der Waals surface area contributed by atoms with E-state index in [4.69, 9.17) is 47.4 Å². The molecule has 0 radical (unpaired) electrons. The maximum atomic E-state index is 14.4. The maximum absolute atomic E-state index is 14.4. The van der Waals surface area contributed by atoms with E-state index in [0.717, 1.165) is 18.4 Å². The van der Waals surface area contributed by atoms with E-state index in [1.807, 2.05) is 19.1 Å². The Morgan fingerprint density at radius 2 is 1.63 bits per heavy atom. The lowest BCUT2D eigenvalue weighted by atomic mass is 9.71. The molecule has 2 bridgehead atoms. The van der Waals surface area contributed by atoms with E-state index in [-0.39, 0.29) is 30.8 Å². The summed E-state index contributed by atoms with van der Waals surface area (Å²) in [6.07, 6.45) is 6.53. The van der Waals surface area contributed by atoms with Gasteiger partial charge in [-0.25, -0.2) is 0 Å². The predicted octanol–water partition coefficient (Wildman–Crippen LogP) is 5.60. The molecular formula is C48H74O14. The first-order chi connectivity index (χ1) is 29.5. The summed E-state index contributed by atoms with van der Waals surface area (Å²) in [6, 6.07) is 0. The summed E-state index contributed by atoms with van der Waals surface area (Å²) in [6.45, 7) is 16.3. The molecule has 20 unspecified atom stereocenters. The van der Waals surface area contributed by atoms with Crippen LogP contribution in [-0.2, 0) is 52.2 Å². The Hall–Kier alpha value is -2.05. The highest BCUT2D eigenvalue weighted by Gasteiger charge is 2.60. The van der Waals surface area contributed by atoms with E-state index in [1.54, 1.807) is 40.2 Å². The molecule has 0 aromatic rings. The van der Waals surface area contributed by atoms with Gasteiger partial charge in [0.15, 0.2) is 18.4 Å². The molecule has 7 aliphatic rings. The normalized spacial score (nSPS) is 48.6. The number of methoxy groups -OCH3 is 2. The highest BCUT2D eigenvalue weighted by molar-refractivity contribution is 5.78. The predicted molar refractivity (Wildman–Crippen MR) is 227 cm³/mol. The van der Waals surface area contributed by atoms with E-state index < -0.39 is 90.8 Å². The fourth-order valence-electron chi connectivity index (χ4n) is 11.0. The molecule has 3 N–H and O–H groups in total. The van der Waals surface area contributed by atoms with Gasteiger partial charge in [0.05, 0.1) is 49.3 Å².